The highest BCUT2D eigenvalue weighted by Crippen LogP contribution is 2.24. The van der Waals surface area contributed by atoms with Gasteiger partial charge in [0.25, 0.3) is 0 Å². The molecule has 0 spiro atoms. The molecule has 0 radical (unpaired) electrons. The third-order valence-electron chi connectivity index (χ3n) is 5.37. The van der Waals surface area contributed by atoms with Gasteiger partial charge in [-0.2, -0.15) is 5.10 Å². The minimum Gasteiger partial charge on any atom is -0.357 e. The summed E-state index contributed by atoms with van der Waals surface area (Å²) in [6.07, 6.45) is 12.0. The third kappa shape index (κ3) is 5.47. The van der Waals surface area contributed by atoms with Gasteiger partial charge in [0.1, 0.15) is 0 Å². The van der Waals surface area contributed by atoms with Crippen LogP contribution >= 0.6 is 11.6 Å². The second-order valence-corrected chi connectivity index (χ2v) is 7.95. The first-order valence-electron chi connectivity index (χ1n) is 10.3. The lowest BCUT2D eigenvalue weighted by molar-refractivity contribution is -0.0421. The quantitative estimate of drug-likeness (QED) is 0.517. The van der Waals surface area contributed by atoms with E-state index in [0.717, 1.165) is 62.6 Å². The third-order valence-corrected chi connectivity index (χ3v) is 5.74. The average molecular weight is 414 g/mol. The maximum atomic E-state index is 6.44. The van der Waals surface area contributed by atoms with Crippen LogP contribution in [0.2, 0.25) is 5.02 Å². The summed E-state index contributed by atoms with van der Waals surface area (Å²) in [6, 6.07) is 10.2. The minimum atomic E-state index is 0.0573. The Labute approximate surface area is 177 Å². The highest BCUT2D eigenvalue weighted by molar-refractivity contribution is 6.31. The number of benzene rings is 1. The largest absolute Gasteiger partial charge is 0.357 e. The molecule has 6 nitrogen and oxygen atoms in total. The molecule has 3 aromatic rings. The van der Waals surface area contributed by atoms with Gasteiger partial charge in [-0.15, -0.1) is 0 Å². The molecule has 0 bridgehead atoms. The summed E-state index contributed by atoms with van der Waals surface area (Å²) in [5.41, 5.74) is 2.34. The monoisotopic (exact) mass is 413 g/mol. The zero-order valence-electron chi connectivity index (χ0n) is 16.7. The van der Waals surface area contributed by atoms with Gasteiger partial charge in [0.2, 0.25) is 0 Å². The van der Waals surface area contributed by atoms with Gasteiger partial charge in [0.15, 0.2) is 6.23 Å². The predicted octanol–water partition coefficient (Wildman–Crippen LogP) is 4.52. The van der Waals surface area contributed by atoms with Crippen LogP contribution < -0.4 is 0 Å². The van der Waals surface area contributed by atoms with Gasteiger partial charge in [-0.3, -0.25) is 4.90 Å². The number of aryl methyl sites for hydroxylation is 1. The molecule has 7 heteroatoms. The number of ether oxygens (including phenoxy) is 1. The van der Waals surface area contributed by atoms with Gasteiger partial charge < -0.3 is 9.30 Å². The summed E-state index contributed by atoms with van der Waals surface area (Å²) < 4.78 is 10.1. The van der Waals surface area contributed by atoms with E-state index < -0.39 is 0 Å². The van der Waals surface area contributed by atoms with E-state index >= 15 is 0 Å². The van der Waals surface area contributed by atoms with Crippen molar-refractivity contribution in [3.8, 4) is 0 Å². The molecule has 0 aliphatic carbocycles. The van der Waals surface area contributed by atoms with Crippen LogP contribution in [0.5, 0.6) is 0 Å². The molecule has 1 aromatic carbocycles. The van der Waals surface area contributed by atoms with Crippen LogP contribution in [0.25, 0.3) is 0 Å². The van der Waals surface area contributed by atoms with E-state index in [-0.39, 0.29) is 6.23 Å². The Morgan fingerprint density at radius 1 is 1.14 bits per heavy atom. The summed E-state index contributed by atoms with van der Waals surface area (Å²) in [5, 5.41) is 5.38. The highest BCUT2D eigenvalue weighted by Gasteiger charge is 2.20. The van der Waals surface area contributed by atoms with Gasteiger partial charge in [-0.25, -0.2) is 9.67 Å². The zero-order chi connectivity index (χ0) is 19.9. The Morgan fingerprint density at radius 2 is 2.07 bits per heavy atom. The van der Waals surface area contributed by atoms with Crippen molar-refractivity contribution >= 4 is 11.6 Å². The number of aromatic nitrogens is 4. The molecule has 29 heavy (non-hydrogen) atoms. The van der Waals surface area contributed by atoms with Gasteiger partial charge in [-0.05, 0) is 43.4 Å². The van der Waals surface area contributed by atoms with E-state index in [1.54, 1.807) is 0 Å². The summed E-state index contributed by atoms with van der Waals surface area (Å²) in [6.45, 7) is 4.34. The van der Waals surface area contributed by atoms with Crippen molar-refractivity contribution in [1.82, 2.24) is 24.2 Å². The fraction of sp³-hybridized carbons (Fsp3) is 0.455. The lowest BCUT2D eigenvalue weighted by Crippen LogP contribution is -2.28. The second kappa shape index (κ2) is 10.1. The molecular weight excluding hydrogens is 386 g/mol. The van der Waals surface area contributed by atoms with E-state index in [2.05, 4.69) is 36.4 Å². The van der Waals surface area contributed by atoms with Crippen molar-refractivity contribution < 1.29 is 4.74 Å². The maximum absolute atomic E-state index is 6.44. The number of hydrogen-bond donors (Lipinski definition) is 0. The predicted molar refractivity (Wildman–Crippen MR) is 113 cm³/mol. The summed E-state index contributed by atoms with van der Waals surface area (Å²) in [4.78, 5) is 6.57. The fourth-order valence-corrected chi connectivity index (χ4v) is 4.04. The Morgan fingerprint density at radius 3 is 2.86 bits per heavy atom. The summed E-state index contributed by atoms with van der Waals surface area (Å²) >= 11 is 6.44. The highest BCUT2D eigenvalue weighted by atomic mass is 35.5. The molecule has 1 aliphatic heterocycles. The number of halogens is 1. The zero-order valence-corrected chi connectivity index (χ0v) is 17.4. The van der Waals surface area contributed by atoms with Crippen molar-refractivity contribution in [3.05, 3.63) is 71.5 Å². The lowest BCUT2D eigenvalue weighted by atomic mass is 10.2. The van der Waals surface area contributed by atoms with Crippen LogP contribution in [-0.2, 0) is 24.4 Å². The van der Waals surface area contributed by atoms with Crippen molar-refractivity contribution in [3.63, 3.8) is 0 Å². The molecule has 1 unspecified atom stereocenters. The Bertz CT molecular complexity index is 873. The van der Waals surface area contributed by atoms with Crippen LogP contribution in [-0.4, -0.2) is 37.4 Å². The molecule has 0 saturated carbocycles. The van der Waals surface area contributed by atoms with Gasteiger partial charge in [-0.1, -0.05) is 29.8 Å². The first-order chi connectivity index (χ1) is 14.3. The van der Waals surface area contributed by atoms with Gasteiger partial charge in [0.05, 0.1) is 12.0 Å². The Hall–Kier alpha value is -2.15. The van der Waals surface area contributed by atoms with Crippen LogP contribution in [0.15, 0.2) is 55.2 Å². The molecule has 154 valence electrons. The normalized spacial score (nSPS) is 17.1. The molecule has 3 heterocycles. The fourth-order valence-electron chi connectivity index (χ4n) is 3.85. The average Bonchev–Trinajstić information content (AvgIpc) is 3.42. The van der Waals surface area contributed by atoms with Crippen molar-refractivity contribution in [2.24, 2.45) is 0 Å². The molecule has 0 amide bonds. The van der Waals surface area contributed by atoms with Crippen LogP contribution in [0.3, 0.4) is 0 Å². The standard InChI is InChI=1S/C22H28ClN5O/c23-21-7-2-1-6-19(21)16-27(13-5-12-26-14-11-24-18-26)17-20-9-10-25-28(20)22-8-3-4-15-29-22/h1-2,6-7,9-11,14,18,22H,3-5,8,12-13,15-17H2. The maximum Gasteiger partial charge on any atom is 0.150 e. The Balaban J connectivity index is 1.46. The van der Waals surface area contributed by atoms with E-state index in [9.17, 15) is 0 Å². The molecule has 1 aliphatic rings. The Kier molecular flexibility index (Phi) is 6.98. The molecule has 1 atom stereocenters. The second-order valence-electron chi connectivity index (χ2n) is 7.54. The van der Waals surface area contributed by atoms with Gasteiger partial charge >= 0.3 is 0 Å². The topological polar surface area (TPSA) is 48.1 Å². The molecule has 0 N–H and O–H groups in total. The van der Waals surface area contributed by atoms with Crippen LogP contribution in [0, 0.1) is 0 Å². The van der Waals surface area contributed by atoms with E-state index in [1.807, 2.05) is 43.1 Å². The van der Waals surface area contributed by atoms with Crippen molar-refractivity contribution in [2.45, 2.75) is 51.5 Å². The number of hydrogen-bond acceptors (Lipinski definition) is 4. The molecule has 4 rings (SSSR count). The smallest absolute Gasteiger partial charge is 0.150 e. The summed E-state index contributed by atoms with van der Waals surface area (Å²) in [7, 11) is 0. The lowest BCUT2D eigenvalue weighted by Gasteiger charge is -2.27. The first kappa shape index (κ1) is 20.1. The minimum absolute atomic E-state index is 0.0573. The molecule has 1 fully saturated rings. The molecule has 2 aromatic heterocycles. The van der Waals surface area contributed by atoms with E-state index in [0.29, 0.717) is 0 Å². The number of rotatable bonds is 9. The first-order valence-corrected chi connectivity index (χ1v) is 10.7. The van der Waals surface area contributed by atoms with Gasteiger partial charge in [0, 0.05) is 56.4 Å². The summed E-state index contributed by atoms with van der Waals surface area (Å²) in [5.74, 6) is 0. The van der Waals surface area contributed by atoms with E-state index in [1.165, 1.54) is 12.1 Å². The van der Waals surface area contributed by atoms with Crippen LogP contribution in [0.1, 0.15) is 43.2 Å². The number of nitrogens with zero attached hydrogens (tertiary/aromatic N) is 5. The van der Waals surface area contributed by atoms with E-state index in [4.69, 9.17) is 16.3 Å². The van der Waals surface area contributed by atoms with Crippen LogP contribution in [0.4, 0.5) is 0 Å². The molecule has 1 saturated heterocycles. The van der Waals surface area contributed by atoms with Crippen molar-refractivity contribution in [1.29, 1.82) is 0 Å². The SMILES string of the molecule is Clc1ccccc1CN(CCCn1ccnc1)Cc1ccnn1C1CCCCO1. The van der Waals surface area contributed by atoms with Crippen molar-refractivity contribution in [2.75, 3.05) is 13.2 Å². The molecular formula is C22H28ClN5O. The number of imidazole rings is 1.